The maximum atomic E-state index is 10.8. The standard InChI is InChI=1S/C19H22OS/c1-3-4-5-6-7-15(2)16-8-10-17(11-9-16)18-12-19(13-20)21-14-18/h3-4,6-7,10,12-14,16H,2,5,8-9,11H2,1H3/b4-3-,7-6-. The van der Waals surface area contributed by atoms with E-state index in [-0.39, 0.29) is 0 Å². The Morgan fingerprint density at radius 1 is 1.48 bits per heavy atom. The van der Waals surface area contributed by atoms with Crippen molar-refractivity contribution in [1.82, 2.24) is 0 Å². The first-order valence-corrected chi connectivity index (χ1v) is 8.32. The summed E-state index contributed by atoms with van der Waals surface area (Å²) in [4.78, 5) is 11.6. The predicted molar refractivity (Wildman–Crippen MR) is 92.7 cm³/mol. The monoisotopic (exact) mass is 298 g/mol. The number of hydrogen-bond acceptors (Lipinski definition) is 2. The largest absolute Gasteiger partial charge is 0.297 e. The minimum atomic E-state index is 0.555. The molecular formula is C19H22OS. The van der Waals surface area contributed by atoms with E-state index in [1.165, 1.54) is 28.0 Å². The van der Waals surface area contributed by atoms with E-state index >= 15 is 0 Å². The molecule has 0 aliphatic heterocycles. The van der Waals surface area contributed by atoms with Gasteiger partial charge in [0.25, 0.3) is 0 Å². The number of hydrogen-bond donors (Lipinski definition) is 0. The molecule has 2 rings (SSSR count). The first-order valence-electron chi connectivity index (χ1n) is 7.44. The number of thiophene rings is 1. The summed E-state index contributed by atoms with van der Waals surface area (Å²) in [5, 5.41) is 2.09. The molecule has 0 saturated heterocycles. The highest BCUT2D eigenvalue weighted by molar-refractivity contribution is 7.11. The van der Waals surface area contributed by atoms with Crippen LogP contribution in [0.1, 0.15) is 47.8 Å². The van der Waals surface area contributed by atoms with Crippen molar-refractivity contribution < 1.29 is 4.79 Å². The van der Waals surface area contributed by atoms with Crippen LogP contribution in [0.3, 0.4) is 0 Å². The third-order valence-electron chi connectivity index (χ3n) is 3.88. The van der Waals surface area contributed by atoms with Gasteiger partial charge in [-0.05, 0) is 61.1 Å². The number of carbonyl (C=O) groups is 1. The van der Waals surface area contributed by atoms with E-state index in [9.17, 15) is 4.79 Å². The highest BCUT2D eigenvalue weighted by atomic mass is 32.1. The molecule has 0 saturated carbocycles. The fourth-order valence-corrected chi connectivity index (χ4v) is 3.32. The second-order valence-corrected chi connectivity index (χ2v) is 6.28. The lowest BCUT2D eigenvalue weighted by Crippen LogP contribution is -2.06. The van der Waals surface area contributed by atoms with Crippen molar-refractivity contribution in [1.29, 1.82) is 0 Å². The Morgan fingerprint density at radius 2 is 2.33 bits per heavy atom. The molecule has 1 aliphatic carbocycles. The van der Waals surface area contributed by atoms with Gasteiger partial charge in [-0.1, -0.05) is 42.5 Å². The summed E-state index contributed by atoms with van der Waals surface area (Å²) >= 11 is 1.52. The van der Waals surface area contributed by atoms with Crippen molar-refractivity contribution >= 4 is 23.2 Å². The Kier molecular flexibility index (Phi) is 5.94. The van der Waals surface area contributed by atoms with Crippen LogP contribution in [-0.2, 0) is 0 Å². The van der Waals surface area contributed by atoms with Crippen LogP contribution in [0.5, 0.6) is 0 Å². The van der Waals surface area contributed by atoms with Gasteiger partial charge in [0.1, 0.15) is 0 Å². The average Bonchev–Trinajstić information content (AvgIpc) is 3.00. The normalized spacial score (nSPS) is 19.1. The van der Waals surface area contributed by atoms with Crippen molar-refractivity contribution in [3.8, 4) is 0 Å². The topological polar surface area (TPSA) is 17.1 Å². The van der Waals surface area contributed by atoms with Gasteiger partial charge in [-0.2, -0.15) is 0 Å². The molecule has 0 fully saturated rings. The molecule has 0 spiro atoms. The van der Waals surface area contributed by atoms with E-state index in [0.29, 0.717) is 5.92 Å². The Hall–Kier alpha value is -1.67. The molecule has 1 heterocycles. The van der Waals surface area contributed by atoms with Crippen LogP contribution in [0.25, 0.3) is 5.57 Å². The van der Waals surface area contributed by atoms with Crippen molar-refractivity contribution in [2.75, 3.05) is 0 Å². The predicted octanol–water partition coefficient (Wildman–Crippen LogP) is 5.82. The highest BCUT2D eigenvalue weighted by Gasteiger charge is 2.17. The average molecular weight is 298 g/mol. The van der Waals surface area contributed by atoms with Crippen LogP contribution in [0, 0.1) is 5.92 Å². The lowest BCUT2D eigenvalue weighted by molar-refractivity contribution is 0.112. The maximum absolute atomic E-state index is 10.8. The Bertz CT molecular complexity index is 586. The molecule has 1 unspecified atom stereocenters. The van der Waals surface area contributed by atoms with Crippen molar-refractivity contribution in [2.45, 2.75) is 32.6 Å². The lowest BCUT2D eigenvalue weighted by Gasteiger charge is -2.22. The fourth-order valence-electron chi connectivity index (χ4n) is 2.59. The molecule has 0 aromatic carbocycles. The van der Waals surface area contributed by atoms with E-state index in [4.69, 9.17) is 0 Å². The summed E-state index contributed by atoms with van der Waals surface area (Å²) in [7, 11) is 0. The minimum Gasteiger partial charge on any atom is -0.297 e. The van der Waals surface area contributed by atoms with E-state index in [0.717, 1.165) is 36.8 Å². The molecule has 1 atom stereocenters. The molecule has 0 N–H and O–H groups in total. The van der Waals surface area contributed by atoms with Crippen LogP contribution < -0.4 is 0 Å². The smallest absolute Gasteiger partial charge is 0.160 e. The molecule has 2 heteroatoms. The highest BCUT2D eigenvalue weighted by Crippen LogP contribution is 2.35. The summed E-state index contributed by atoms with van der Waals surface area (Å²) in [5.41, 5.74) is 3.82. The summed E-state index contributed by atoms with van der Waals surface area (Å²) < 4.78 is 0. The molecule has 0 amide bonds. The molecule has 1 aromatic heterocycles. The minimum absolute atomic E-state index is 0.555. The zero-order valence-corrected chi connectivity index (χ0v) is 13.4. The Morgan fingerprint density at radius 3 is 2.95 bits per heavy atom. The summed E-state index contributed by atoms with van der Waals surface area (Å²) in [5.74, 6) is 0.555. The second-order valence-electron chi connectivity index (χ2n) is 5.34. The van der Waals surface area contributed by atoms with E-state index in [2.05, 4.69) is 42.3 Å². The molecule has 1 aliphatic rings. The maximum Gasteiger partial charge on any atom is 0.160 e. The SMILES string of the molecule is C=C(/C=C\C/C=C\C)C1CC=C(c2csc(C=O)c2)CC1. The van der Waals surface area contributed by atoms with E-state index in [1.807, 2.05) is 13.0 Å². The van der Waals surface area contributed by atoms with Gasteiger partial charge in [0.05, 0.1) is 4.88 Å². The van der Waals surface area contributed by atoms with Crippen LogP contribution in [0.2, 0.25) is 0 Å². The van der Waals surface area contributed by atoms with Gasteiger partial charge >= 0.3 is 0 Å². The summed E-state index contributed by atoms with van der Waals surface area (Å²) in [6.45, 7) is 6.25. The number of allylic oxidation sites excluding steroid dienone is 7. The molecule has 0 radical (unpaired) electrons. The number of rotatable bonds is 6. The van der Waals surface area contributed by atoms with Gasteiger partial charge in [-0.3, -0.25) is 4.79 Å². The van der Waals surface area contributed by atoms with Crippen LogP contribution in [0.4, 0.5) is 0 Å². The van der Waals surface area contributed by atoms with Gasteiger partial charge < -0.3 is 0 Å². The van der Waals surface area contributed by atoms with Gasteiger partial charge in [-0.25, -0.2) is 0 Å². The second kappa shape index (κ2) is 7.94. The van der Waals surface area contributed by atoms with Gasteiger partial charge in [0.2, 0.25) is 0 Å². The Balaban J connectivity index is 1.93. The van der Waals surface area contributed by atoms with Crippen LogP contribution in [0.15, 0.2) is 54.0 Å². The molecule has 1 aromatic rings. The molecule has 21 heavy (non-hydrogen) atoms. The number of aldehydes is 1. The third-order valence-corrected chi connectivity index (χ3v) is 4.74. The number of carbonyl (C=O) groups excluding carboxylic acids is 1. The molecule has 110 valence electrons. The fraction of sp³-hybridized carbons (Fsp3) is 0.316. The van der Waals surface area contributed by atoms with Crippen molar-refractivity contribution in [3.63, 3.8) is 0 Å². The van der Waals surface area contributed by atoms with Gasteiger partial charge in [0.15, 0.2) is 6.29 Å². The lowest BCUT2D eigenvalue weighted by atomic mass is 9.83. The third kappa shape index (κ3) is 4.40. The molecule has 1 nitrogen and oxygen atoms in total. The molecule has 0 bridgehead atoms. The quantitative estimate of drug-likeness (QED) is 0.367. The molecular weight excluding hydrogens is 276 g/mol. The van der Waals surface area contributed by atoms with Gasteiger partial charge in [0, 0.05) is 0 Å². The first kappa shape index (κ1) is 15.7. The van der Waals surface area contributed by atoms with E-state index < -0.39 is 0 Å². The van der Waals surface area contributed by atoms with Gasteiger partial charge in [-0.15, -0.1) is 11.3 Å². The first-order chi connectivity index (χ1) is 10.2. The zero-order valence-electron chi connectivity index (χ0n) is 12.5. The zero-order chi connectivity index (χ0) is 15.1. The van der Waals surface area contributed by atoms with Crippen molar-refractivity contribution in [2.24, 2.45) is 5.92 Å². The summed E-state index contributed by atoms with van der Waals surface area (Å²) in [6.07, 6.45) is 16.0. The van der Waals surface area contributed by atoms with E-state index in [1.54, 1.807) is 0 Å². The van der Waals surface area contributed by atoms with Crippen molar-refractivity contribution in [3.05, 3.63) is 64.4 Å². The van der Waals surface area contributed by atoms with Crippen LogP contribution >= 0.6 is 11.3 Å². The summed E-state index contributed by atoms with van der Waals surface area (Å²) in [6, 6.07) is 2.00. The Labute approximate surface area is 131 Å². The van der Waals surface area contributed by atoms with Crippen LogP contribution in [-0.4, -0.2) is 6.29 Å².